The third kappa shape index (κ3) is 3.25. The van der Waals surface area contributed by atoms with Crippen molar-refractivity contribution in [2.24, 2.45) is 11.8 Å². The van der Waals surface area contributed by atoms with Gasteiger partial charge in [-0.15, -0.1) is 0 Å². The number of hydrogen-bond acceptors (Lipinski definition) is 3. The Kier molecular flexibility index (Phi) is 4.70. The van der Waals surface area contributed by atoms with Crippen LogP contribution < -0.4 is 0 Å². The Labute approximate surface area is 80.7 Å². The van der Waals surface area contributed by atoms with Gasteiger partial charge < -0.3 is 14.7 Å². The number of likely N-dealkylation sites (tertiary alicyclic amines) is 1. The van der Waals surface area contributed by atoms with Crippen molar-refractivity contribution < 1.29 is 9.84 Å². The van der Waals surface area contributed by atoms with Crippen LogP contribution in [0.2, 0.25) is 0 Å². The Hall–Kier alpha value is -0.120. The van der Waals surface area contributed by atoms with Gasteiger partial charge in [-0.1, -0.05) is 6.92 Å². The molecule has 1 aliphatic rings. The number of nitrogens with zero attached hydrogens (tertiary/aromatic N) is 1. The lowest BCUT2D eigenvalue weighted by molar-refractivity contribution is 0.101. The quantitative estimate of drug-likeness (QED) is 0.683. The number of ether oxygens (including phenoxy) is 1. The van der Waals surface area contributed by atoms with Gasteiger partial charge in [-0.25, -0.2) is 0 Å². The van der Waals surface area contributed by atoms with E-state index in [2.05, 4.69) is 11.8 Å². The van der Waals surface area contributed by atoms with E-state index in [0.29, 0.717) is 11.8 Å². The number of β-amino-alcohol motifs (C(OH)–C–C–N with tert-alkyl or cyclic N) is 1. The summed E-state index contributed by atoms with van der Waals surface area (Å²) in [5.74, 6) is 1.37. The average molecular weight is 187 g/mol. The van der Waals surface area contributed by atoms with Crippen LogP contribution in [0.4, 0.5) is 0 Å². The van der Waals surface area contributed by atoms with Crippen molar-refractivity contribution in [1.29, 1.82) is 0 Å². The monoisotopic (exact) mass is 187 g/mol. The third-order valence-corrected chi connectivity index (χ3v) is 2.80. The van der Waals surface area contributed by atoms with E-state index in [0.717, 1.165) is 32.8 Å². The number of aliphatic hydroxyl groups excluding tert-OH is 1. The molecular formula is C10H21NO2. The largest absolute Gasteiger partial charge is 0.395 e. The van der Waals surface area contributed by atoms with Crippen LogP contribution in [0.5, 0.6) is 0 Å². The van der Waals surface area contributed by atoms with E-state index in [1.54, 1.807) is 0 Å². The van der Waals surface area contributed by atoms with Crippen LogP contribution >= 0.6 is 0 Å². The molecule has 2 atom stereocenters. The van der Waals surface area contributed by atoms with Gasteiger partial charge in [-0.3, -0.25) is 0 Å². The van der Waals surface area contributed by atoms with E-state index in [-0.39, 0.29) is 6.61 Å². The van der Waals surface area contributed by atoms with Gasteiger partial charge in [0.2, 0.25) is 0 Å². The topological polar surface area (TPSA) is 32.7 Å². The first-order valence-corrected chi connectivity index (χ1v) is 5.18. The van der Waals surface area contributed by atoms with Crippen molar-refractivity contribution in [2.45, 2.75) is 13.8 Å². The number of hydrogen-bond donors (Lipinski definition) is 1. The molecule has 1 saturated heterocycles. The van der Waals surface area contributed by atoms with E-state index in [1.807, 2.05) is 6.92 Å². The molecule has 0 amide bonds. The van der Waals surface area contributed by atoms with E-state index in [4.69, 9.17) is 9.84 Å². The minimum atomic E-state index is 0.272. The maximum absolute atomic E-state index is 8.80. The highest BCUT2D eigenvalue weighted by Gasteiger charge is 2.28. The van der Waals surface area contributed by atoms with E-state index in [1.165, 1.54) is 0 Å². The van der Waals surface area contributed by atoms with Gasteiger partial charge in [0.05, 0.1) is 13.2 Å². The molecule has 3 heteroatoms. The minimum Gasteiger partial charge on any atom is -0.395 e. The zero-order chi connectivity index (χ0) is 9.68. The van der Waals surface area contributed by atoms with Crippen LogP contribution in [0.3, 0.4) is 0 Å². The van der Waals surface area contributed by atoms with Gasteiger partial charge in [-0.2, -0.15) is 0 Å². The molecule has 0 bridgehead atoms. The summed E-state index contributed by atoms with van der Waals surface area (Å²) in [4.78, 5) is 2.31. The second-order valence-corrected chi connectivity index (χ2v) is 3.88. The highest BCUT2D eigenvalue weighted by atomic mass is 16.5. The molecule has 0 radical (unpaired) electrons. The fraction of sp³-hybridized carbons (Fsp3) is 1.00. The summed E-state index contributed by atoms with van der Waals surface area (Å²) in [6.45, 7) is 9.26. The zero-order valence-electron chi connectivity index (χ0n) is 8.70. The second-order valence-electron chi connectivity index (χ2n) is 3.88. The van der Waals surface area contributed by atoms with Crippen molar-refractivity contribution in [1.82, 2.24) is 4.90 Å². The van der Waals surface area contributed by atoms with Crippen molar-refractivity contribution in [3.8, 4) is 0 Å². The molecule has 1 aliphatic heterocycles. The first-order chi connectivity index (χ1) is 6.27. The Bertz CT molecular complexity index is 141. The van der Waals surface area contributed by atoms with Crippen LogP contribution in [0.25, 0.3) is 0 Å². The lowest BCUT2D eigenvalue weighted by atomic mass is 9.99. The molecule has 1 rings (SSSR count). The van der Waals surface area contributed by atoms with Crippen LogP contribution in [0.1, 0.15) is 13.8 Å². The molecule has 0 saturated carbocycles. The molecule has 3 nitrogen and oxygen atoms in total. The Morgan fingerprint density at radius 2 is 2.23 bits per heavy atom. The standard InChI is InChI=1S/C10H21NO2/c1-3-13-8-10-7-11(4-5-12)6-9(10)2/h9-10,12H,3-8H2,1-2H3/t9-,10-/m0/s1. The minimum absolute atomic E-state index is 0.272. The maximum atomic E-state index is 8.80. The molecule has 13 heavy (non-hydrogen) atoms. The maximum Gasteiger partial charge on any atom is 0.0558 e. The molecule has 1 heterocycles. The summed E-state index contributed by atoms with van der Waals surface area (Å²) in [6.07, 6.45) is 0. The SMILES string of the molecule is CCOC[C@@H]1CN(CCO)C[C@@H]1C. The second kappa shape index (κ2) is 5.58. The molecular weight excluding hydrogens is 166 g/mol. The van der Waals surface area contributed by atoms with Crippen molar-refractivity contribution in [3.05, 3.63) is 0 Å². The van der Waals surface area contributed by atoms with Crippen LogP contribution in [-0.4, -0.2) is 49.5 Å². The lowest BCUT2D eigenvalue weighted by Gasteiger charge is -2.14. The van der Waals surface area contributed by atoms with Gasteiger partial charge in [-0.05, 0) is 18.8 Å². The van der Waals surface area contributed by atoms with Gasteiger partial charge in [0.15, 0.2) is 0 Å². The molecule has 1 fully saturated rings. The van der Waals surface area contributed by atoms with Crippen molar-refractivity contribution in [2.75, 3.05) is 39.5 Å². The van der Waals surface area contributed by atoms with Gasteiger partial charge in [0, 0.05) is 26.2 Å². The van der Waals surface area contributed by atoms with Gasteiger partial charge >= 0.3 is 0 Å². The summed E-state index contributed by atoms with van der Waals surface area (Å²) in [5.41, 5.74) is 0. The van der Waals surface area contributed by atoms with Gasteiger partial charge in [0.25, 0.3) is 0 Å². The summed E-state index contributed by atoms with van der Waals surface area (Å²) in [6, 6.07) is 0. The highest BCUT2D eigenvalue weighted by Crippen LogP contribution is 2.22. The Morgan fingerprint density at radius 3 is 2.85 bits per heavy atom. The van der Waals surface area contributed by atoms with E-state index in [9.17, 15) is 0 Å². The fourth-order valence-electron chi connectivity index (χ4n) is 1.95. The molecule has 0 aromatic rings. The van der Waals surface area contributed by atoms with Crippen LogP contribution in [0.15, 0.2) is 0 Å². The predicted octanol–water partition coefficient (Wildman–Crippen LogP) is 0.583. The third-order valence-electron chi connectivity index (χ3n) is 2.80. The fourth-order valence-corrected chi connectivity index (χ4v) is 1.95. The summed E-state index contributed by atoms with van der Waals surface area (Å²) in [7, 11) is 0. The molecule has 0 aromatic carbocycles. The molecule has 1 N–H and O–H groups in total. The number of rotatable bonds is 5. The average Bonchev–Trinajstić information content (AvgIpc) is 2.44. The Balaban J connectivity index is 2.24. The molecule has 78 valence electrons. The summed E-state index contributed by atoms with van der Waals surface area (Å²) >= 11 is 0. The Morgan fingerprint density at radius 1 is 1.46 bits per heavy atom. The van der Waals surface area contributed by atoms with E-state index >= 15 is 0 Å². The first kappa shape index (κ1) is 11.0. The highest BCUT2D eigenvalue weighted by molar-refractivity contribution is 4.80. The summed E-state index contributed by atoms with van der Waals surface area (Å²) in [5, 5.41) is 8.80. The zero-order valence-corrected chi connectivity index (χ0v) is 8.70. The number of aliphatic hydroxyl groups is 1. The lowest BCUT2D eigenvalue weighted by Crippen LogP contribution is -2.25. The van der Waals surface area contributed by atoms with Crippen molar-refractivity contribution >= 4 is 0 Å². The smallest absolute Gasteiger partial charge is 0.0558 e. The normalized spacial score (nSPS) is 29.8. The molecule has 0 unspecified atom stereocenters. The predicted molar refractivity (Wildman–Crippen MR) is 52.7 cm³/mol. The molecule has 0 aromatic heterocycles. The van der Waals surface area contributed by atoms with E-state index < -0.39 is 0 Å². The summed E-state index contributed by atoms with van der Waals surface area (Å²) < 4.78 is 5.43. The van der Waals surface area contributed by atoms with Gasteiger partial charge in [0.1, 0.15) is 0 Å². The van der Waals surface area contributed by atoms with Crippen LogP contribution in [-0.2, 0) is 4.74 Å². The molecule has 0 aliphatic carbocycles. The molecule has 0 spiro atoms. The van der Waals surface area contributed by atoms with Crippen LogP contribution in [0, 0.1) is 11.8 Å². The first-order valence-electron chi connectivity index (χ1n) is 5.18. The van der Waals surface area contributed by atoms with Crippen molar-refractivity contribution in [3.63, 3.8) is 0 Å².